The first-order valence-electron chi connectivity index (χ1n) is 7.08. The van der Waals surface area contributed by atoms with E-state index in [1.54, 1.807) is 6.34 Å². The molecule has 0 fully saturated rings. The molecular formula is C19H19N3. The number of benzene rings is 2. The van der Waals surface area contributed by atoms with Gasteiger partial charge in [-0.2, -0.15) is 5.26 Å². The lowest BCUT2D eigenvalue weighted by Gasteiger charge is -2.15. The fourth-order valence-corrected chi connectivity index (χ4v) is 2.23. The Bertz CT molecular complexity index is 721. The maximum Gasteiger partial charge on any atom is 0.0995 e. The van der Waals surface area contributed by atoms with Crippen molar-refractivity contribution in [3.05, 3.63) is 71.9 Å². The first-order valence-corrected chi connectivity index (χ1v) is 7.08. The van der Waals surface area contributed by atoms with Crippen molar-refractivity contribution in [3.63, 3.8) is 0 Å². The van der Waals surface area contributed by atoms with E-state index in [-0.39, 0.29) is 0 Å². The largest absolute Gasteiger partial charge is 0.361 e. The van der Waals surface area contributed by atoms with Gasteiger partial charge in [-0.15, -0.1) is 0 Å². The molecular weight excluding hydrogens is 270 g/mol. The molecule has 0 aliphatic rings. The third-order valence-corrected chi connectivity index (χ3v) is 3.40. The third kappa shape index (κ3) is 3.83. The second kappa shape index (κ2) is 7.24. The molecule has 22 heavy (non-hydrogen) atoms. The molecule has 0 unspecified atom stereocenters. The van der Waals surface area contributed by atoms with E-state index >= 15 is 0 Å². The van der Waals surface area contributed by atoms with Gasteiger partial charge in [-0.05, 0) is 35.7 Å². The lowest BCUT2D eigenvalue weighted by molar-refractivity contribution is 0.515. The van der Waals surface area contributed by atoms with E-state index in [1.807, 2.05) is 24.1 Å². The van der Waals surface area contributed by atoms with Crippen LogP contribution in [0.1, 0.15) is 16.7 Å². The molecule has 0 radical (unpaired) electrons. The highest BCUT2D eigenvalue weighted by atomic mass is 15.1. The number of aliphatic imine (C=N–C) groups is 1. The summed E-state index contributed by atoms with van der Waals surface area (Å²) in [5.74, 6) is 0. The molecule has 0 aliphatic carbocycles. The van der Waals surface area contributed by atoms with Gasteiger partial charge in [0.25, 0.3) is 0 Å². The standard InChI is InChI=1S/C19H19N3/c1-4-21-14-22(3)13-19-11-17(9-10-18(19)12-20)16-7-5-15(2)6-8-16/h4-11,14H,1,13H2,2-3H3. The molecule has 2 aromatic rings. The molecule has 2 aromatic carbocycles. The van der Waals surface area contributed by atoms with Gasteiger partial charge in [0, 0.05) is 19.8 Å². The van der Waals surface area contributed by atoms with Crippen LogP contribution >= 0.6 is 0 Å². The fourth-order valence-electron chi connectivity index (χ4n) is 2.23. The summed E-state index contributed by atoms with van der Waals surface area (Å²) in [4.78, 5) is 5.92. The summed E-state index contributed by atoms with van der Waals surface area (Å²) < 4.78 is 0. The number of hydrogen-bond donors (Lipinski definition) is 0. The van der Waals surface area contributed by atoms with Crippen LogP contribution in [-0.2, 0) is 6.54 Å². The van der Waals surface area contributed by atoms with Crippen LogP contribution in [0.15, 0.2) is 60.2 Å². The summed E-state index contributed by atoms with van der Waals surface area (Å²) in [6.07, 6.45) is 3.19. The Labute approximate surface area is 131 Å². The average molecular weight is 289 g/mol. The van der Waals surface area contributed by atoms with E-state index in [2.05, 4.69) is 54.9 Å². The van der Waals surface area contributed by atoms with Crippen molar-refractivity contribution in [2.75, 3.05) is 7.05 Å². The number of hydrogen-bond acceptors (Lipinski definition) is 2. The Kier molecular flexibility index (Phi) is 5.11. The third-order valence-electron chi connectivity index (χ3n) is 3.40. The smallest absolute Gasteiger partial charge is 0.0995 e. The Morgan fingerprint density at radius 1 is 1.18 bits per heavy atom. The van der Waals surface area contributed by atoms with Crippen molar-refractivity contribution in [1.82, 2.24) is 4.90 Å². The second-order valence-electron chi connectivity index (χ2n) is 5.21. The zero-order chi connectivity index (χ0) is 15.9. The molecule has 110 valence electrons. The summed E-state index contributed by atoms with van der Waals surface area (Å²) in [6, 6.07) is 16.6. The van der Waals surface area contributed by atoms with Crippen LogP contribution in [-0.4, -0.2) is 18.3 Å². The van der Waals surface area contributed by atoms with Gasteiger partial charge in [-0.3, -0.25) is 0 Å². The topological polar surface area (TPSA) is 39.4 Å². The number of nitrogens with zero attached hydrogens (tertiary/aromatic N) is 3. The van der Waals surface area contributed by atoms with Gasteiger partial charge in [0.05, 0.1) is 18.0 Å². The van der Waals surface area contributed by atoms with Gasteiger partial charge in [-0.1, -0.05) is 42.5 Å². The lowest BCUT2D eigenvalue weighted by atomic mass is 9.98. The van der Waals surface area contributed by atoms with Crippen molar-refractivity contribution < 1.29 is 0 Å². The van der Waals surface area contributed by atoms with E-state index in [0.717, 1.165) is 16.7 Å². The van der Waals surface area contributed by atoms with Crippen LogP contribution in [0.2, 0.25) is 0 Å². The minimum Gasteiger partial charge on any atom is -0.361 e. The van der Waals surface area contributed by atoms with Crippen LogP contribution in [0, 0.1) is 18.3 Å². The molecule has 0 bridgehead atoms. The molecule has 0 amide bonds. The highest BCUT2D eigenvalue weighted by molar-refractivity contribution is 5.66. The zero-order valence-electron chi connectivity index (χ0n) is 13.0. The predicted molar refractivity (Wildman–Crippen MR) is 91.5 cm³/mol. The molecule has 0 N–H and O–H groups in total. The van der Waals surface area contributed by atoms with Crippen LogP contribution in [0.4, 0.5) is 0 Å². The lowest BCUT2D eigenvalue weighted by Crippen LogP contribution is -2.16. The van der Waals surface area contributed by atoms with E-state index in [1.165, 1.54) is 11.8 Å². The first kappa shape index (κ1) is 15.5. The average Bonchev–Trinajstić information content (AvgIpc) is 2.53. The molecule has 2 rings (SSSR count). The van der Waals surface area contributed by atoms with E-state index in [9.17, 15) is 5.26 Å². The normalized spacial score (nSPS) is 10.4. The summed E-state index contributed by atoms with van der Waals surface area (Å²) in [5, 5.41) is 9.29. The highest BCUT2D eigenvalue weighted by Crippen LogP contribution is 2.23. The second-order valence-corrected chi connectivity index (χ2v) is 5.21. The minimum absolute atomic E-state index is 0.625. The van der Waals surface area contributed by atoms with Gasteiger partial charge in [-0.25, -0.2) is 4.99 Å². The monoisotopic (exact) mass is 289 g/mol. The Hall–Kier alpha value is -2.86. The summed E-state index contributed by atoms with van der Waals surface area (Å²) >= 11 is 0. The van der Waals surface area contributed by atoms with E-state index < -0.39 is 0 Å². The van der Waals surface area contributed by atoms with Crippen LogP contribution < -0.4 is 0 Å². The molecule has 0 aliphatic heterocycles. The summed E-state index contributed by atoms with van der Waals surface area (Å²) in [7, 11) is 1.92. The van der Waals surface area contributed by atoms with Crippen LogP contribution in [0.3, 0.4) is 0 Å². The van der Waals surface area contributed by atoms with Crippen molar-refractivity contribution >= 4 is 6.34 Å². The molecule has 0 heterocycles. The predicted octanol–water partition coefficient (Wildman–Crippen LogP) is 4.14. The van der Waals surface area contributed by atoms with Crippen molar-refractivity contribution in [3.8, 4) is 17.2 Å². The maximum atomic E-state index is 9.29. The van der Waals surface area contributed by atoms with E-state index in [0.29, 0.717) is 12.1 Å². The molecule has 3 heteroatoms. The molecule has 0 atom stereocenters. The van der Waals surface area contributed by atoms with E-state index in [4.69, 9.17) is 0 Å². The molecule has 3 nitrogen and oxygen atoms in total. The number of aryl methyl sites for hydroxylation is 1. The molecule has 0 saturated heterocycles. The van der Waals surface area contributed by atoms with Gasteiger partial charge in [0.2, 0.25) is 0 Å². The van der Waals surface area contributed by atoms with Crippen LogP contribution in [0.25, 0.3) is 11.1 Å². The fraction of sp³-hybridized carbons (Fsp3) is 0.158. The Morgan fingerprint density at radius 3 is 2.50 bits per heavy atom. The number of nitriles is 1. The van der Waals surface area contributed by atoms with Crippen molar-refractivity contribution in [2.45, 2.75) is 13.5 Å². The first-order chi connectivity index (χ1) is 10.6. The zero-order valence-corrected chi connectivity index (χ0v) is 13.0. The SMILES string of the molecule is C=CN=CN(C)Cc1cc(-c2ccc(C)cc2)ccc1C#N. The van der Waals surface area contributed by atoms with Gasteiger partial charge in [0.1, 0.15) is 0 Å². The summed E-state index contributed by atoms with van der Waals surface area (Å²) in [6.45, 7) is 6.25. The van der Waals surface area contributed by atoms with Crippen molar-refractivity contribution in [2.24, 2.45) is 4.99 Å². The Balaban J connectivity index is 2.34. The molecule has 0 aromatic heterocycles. The Morgan fingerprint density at radius 2 is 1.86 bits per heavy atom. The van der Waals surface area contributed by atoms with Gasteiger partial charge in [0.15, 0.2) is 0 Å². The maximum absolute atomic E-state index is 9.29. The van der Waals surface area contributed by atoms with Crippen LogP contribution in [0.5, 0.6) is 0 Å². The van der Waals surface area contributed by atoms with Gasteiger partial charge >= 0.3 is 0 Å². The quantitative estimate of drug-likeness (QED) is 0.613. The molecule has 0 saturated carbocycles. The van der Waals surface area contributed by atoms with Gasteiger partial charge < -0.3 is 4.90 Å². The highest BCUT2D eigenvalue weighted by Gasteiger charge is 2.07. The summed E-state index contributed by atoms with van der Waals surface area (Å²) in [5.41, 5.74) is 5.17. The molecule has 0 spiro atoms. The number of rotatable bonds is 5. The minimum atomic E-state index is 0.625. The van der Waals surface area contributed by atoms with Crippen molar-refractivity contribution in [1.29, 1.82) is 5.26 Å².